The molecule has 1 aromatic heterocycles. The van der Waals surface area contributed by atoms with Crippen molar-refractivity contribution in [3.63, 3.8) is 0 Å². The van der Waals surface area contributed by atoms with Crippen LogP contribution in [0.15, 0.2) is 30.6 Å². The second kappa shape index (κ2) is 4.94. The smallest absolute Gasteiger partial charge is 0.228 e. The maximum Gasteiger partial charge on any atom is 0.228 e. The third kappa shape index (κ3) is 2.79. The van der Waals surface area contributed by atoms with Crippen molar-refractivity contribution < 1.29 is 4.57 Å². The van der Waals surface area contributed by atoms with E-state index in [1.807, 2.05) is 35.8 Å². The molecular weight excluding hydrogens is 247 g/mol. The van der Waals surface area contributed by atoms with E-state index in [4.69, 9.17) is 0 Å². The van der Waals surface area contributed by atoms with Gasteiger partial charge in [0.25, 0.3) is 0 Å². The molecule has 96 valence electrons. The molecule has 6 heteroatoms. The predicted octanol–water partition coefficient (Wildman–Crippen LogP) is 2.29. The number of hydrogen-bond acceptors (Lipinski definition) is 4. The fourth-order valence-electron chi connectivity index (χ4n) is 1.62. The molecule has 18 heavy (non-hydrogen) atoms. The van der Waals surface area contributed by atoms with Gasteiger partial charge in [-0.2, -0.15) is 0 Å². The van der Waals surface area contributed by atoms with Crippen LogP contribution >= 0.6 is 7.14 Å². The second-order valence-electron chi connectivity index (χ2n) is 4.46. The highest BCUT2D eigenvalue weighted by molar-refractivity contribution is 7.70. The lowest BCUT2D eigenvalue weighted by Crippen LogP contribution is -2.04. The van der Waals surface area contributed by atoms with Crippen molar-refractivity contribution in [1.82, 2.24) is 14.8 Å². The number of aryl methyl sites for hydroxylation is 1. The largest absolute Gasteiger partial charge is 0.324 e. The summed E-state index contributed by atoms with van der Waals surface area (Å²) in [6, 6.07) is 7.58. The highest BCUT2D eigenvalue weighted by Gasteiger charge is 2.10. The Kier molecular flexibility index (Phi) is 3.53. The van der Waals surface area contributed by atoms with Gasteiger partial charge in [-0.05, 0) is 44.5 Å². The van der Waals surface area contributed by atoms with Gasteiger partial charge in [-0.1, -0.05) is 0 Å². The van der Waals surface area contributed by atoms with Crippen molar-refractivity contribution in [2.75, 3.05) is 18.6 Å². The predicted molar refractivity (Wildman–Crippen MR) is 74.5 cm³/mol. The van der Waals surface area contributed by atoms with Gasteiger partial charge < -0.3 is 14.4 Å². The minimum Gasteiger partial charge on any atom is -0.324 e. The number of aromatic nitrogens is 3. The molecule has 0 radical (unpaired) electrons. The Balaban J connectivity index is 2.19. The highest BCUT2D eigenvalue weighted by Crippen LogP contribution is 2.34. The number of rotatable bonds is 4. The number of benzene rings is 1. The Hall–Kier alpha value is -1.61. The van der Waals surface area contributed by atoms with Gasteiger partial charge in [0.05, 0.1) is 0 Å². The molecule has 2 aromatic rings. The summed E-state index contributed by atoms with van der Waals surface area (Å²) in [4.78, 5) is 0. The van der Waals surface area contributed by atoms with E-state index in [0.29, 0.717) is 5.95 Å². The zero-order valence-electron chi connectivity index (χ0n) is 10.8. The van der Waals surface area contributed by atoms with E-state index in [1.54, 1.807) is 19.7 Å². The molecule has 0 aliphatic heterocycles. The van der Waals surface area contributed by atoms with Gasteiger partial charge >= 0.3 is 0 Å². The van der Waals surface area contributed by atoms with Crippen molar-refractivity contribution in [2.45, 2.75) is 13.5 Å². The quantitative estimate of drug-likeness (QED) is 0.861. The summed E-state index contributed by atoms with van der Waals surface area (Å²) in [5.74, 6) is 0.710. The molecule has 0 aliphatic carbocycles. The standard InChI is InChI=1S/C12H17N4OP/c1-4-16-9-13-15-12(16)14-10-5-7-11(8-6-10)18(2,3)17/h5-9H,4H2,1-3H3,(H,14,15). The third-order valence-electron chi connectivity index (χ3n) is 2.70. The van der Waals surface area contributed by atoms with Crippen molar-refractivity contribution in [3.05, 3.63) is 30.6 Å². The third-order valence-corrected chi connectivity index (χ3v) is 4.24. The van der Waals surface area contributed by atoms with Crippen LogP contribution in [0.25, 0.3) is 0 Å². The van der Waals surface area contributed by atoms with Crippen LogP contribution in [0.1, 0.15) is 6.92 Å². The minimum absolute atomic E-state index is 0.710. The fourth-order valence-corrected chi connectivity index (χ4v) is 2.48. The molecule has 0 saturated heterocycles. The monoisotopic (exact) mass is 264 g/mol. The Morgan fingerprint density at radius 3 is 2.50 bits per heavy atom. The molecular formula is C12H17N4OP. The SMILES string of the molecule is CCn1cnnc1Nc1ccc(P(C)(C)=O)cc1. The van der Waals surface area contributed by atoms with Crippen LogP contribution in [-0.4, -0.2) is 28.1 Å². The van der Waals surface area contributed by atoms with Crippen molar-refractivity contribution in [2.24, 2.45) is 0 Å². The van der Waals surface area contributed by atoms with Gasteiger partial charge in [-0.15, -0.1) is 10.2 Å². The van der Waals surface area contributed by atoms with Crippen LogP contribution in [0, 0.1) is 0 Å². The Bertz CT molecular complexity index is 570. The minimum atomic E-state index is -2.18. The summed E-state index contributed by atoms with van der Waals surface area (Å²) in [5, 5.41) is 11.9. The summed E-state index contributed by atoms with van der Waals surface area (Å²) in [6.45, 7) is 6.38. The van der Waals surface area contributed by atoms with Gasteiger partial charge in [0.1, 0.15) is 13.5 Å². The molecule has 0 spiro atoms. The van der Waals surface area contributed by atoms with E-state index in [9.17, 15) is 4.57 Å². The topological polar surface area (TPSA) is 59.8 Å². The van der Waals surface area contributed by atoms with Crippen LogP contribution in [0.5, 0.6) is 0 Å². The number of hydrogen-bond donors (Lipinski definition) is 1. The van der Waals surface area contributed by atoms with Crippen LogP contribution < -0.4 is 10.6 Å². The summed E-state index contributed by atoms with van der Waals surface area (Å²) in [7, 11) is -2.18. The van der Waals surface area contributed by atoms with E-state index < -0.39 is 7.14 Å². The molecule has 0 bridgehead atoms. The Labute approximate surface area is 107 Å². The average molecular weight is 264 g/mol. The van der Waals surface area contributed by atoms with E-state index in [0.717, 1.165) is 17.5 Å². The van der Waals surface area contributed by atoms with E-state index in [2.05, 4.69) is 15.5 Å². The van der Waals surface area contributed by atoms with Crippen molar-refractivity contribution in [3.8, 4) is 0 Å². The number of nitrogens with zero attached hydrogens (tertiary/aromatic N) is 3. The van der Waals surface area contributed by atoms with Gasteiger partial charge in [0.15, 0.2) is 0 Å². The normalized spacial score (nSPS) is 11.5. The molecule has 0 aliphatic rings. The van der Waals surface area contributed by atoms with Crippen molar-refractivity contribution >= 4 is 24.1 Å². The first-order chi connectivity index (χ1) is 8.50. The van der Waals surface area contributed by atoms with Crippen LogP contribution in [-0.2, 0) is 11.1 Å². The lowest BCUT2D eigenvalue weighted by atomic mass is 10.3. The Morgan fingerprint density at radius 2 is 1.94 bits per heavy atom. The fraction of sp³-hybridized carbons (Fsp3) is 0.333. The van der Waals surface area contributed by atoms with Crippen LogP contribution in [0.2, 0.25) is 0 Å². The zero-order valence-corrected chi connectivity index (χ0v) is 11.7. The molecule has 0 saturated carbocycles. The average Bonchev–Trinajstić information content (AvgIpc) is 2.76. The lowest BCUT2D eigenvalue weighted by molar-refractivity contribution is 0.588. The highest BCUT2D eigenvalue weighted by atomic mass is 31.2. The van der Waals surface area contributed by atoms with Crippen LogP contribution in [0.3, 0.4) is 0 Å². The summed E-state index contributed by atoms with van der Waals surface area (Å²) in [5.41, 5.74) is 0.912. The molecule has 1 N–H and O–H groups in total. The van der Waals surface area contributed by atoms with E-state index >= 15 is 0 Å². The zero-order chi connectivity index (χ0) is 13.2. The Morgan fingerprint density at radius 1 is 1.28 bits per heavy atom. The van der Waals surface area contributed by atoms with Crippen molar-refractivity contribution in [1.29, 1.82) is 0 Å². The maximum atomic E-state index is 11.9. The molecule has 1 heterocycles. The first-order valence-electron chi connectivity index (χ1n) is 5.81. The summed E-state index contributed by atoms with van der Waals surface area (Å²) < 4.78 is 13.8. The van der Waals surface area contributed by atoms with Gasteiger partial charge in [-0.3, -0.25) is 0 Å². The lowest BCUT2D eigenvalue weighted by Gasteiger charge is -2.09. The molecule has 1 aromatic carbocycles. The van der Waals surface area contributed by atoms with Gasteiger partial charge in [0, 0.05) is 17.5 Å². The van der Waals surface area contributed by atoms with E-state index in [1.165, 1.54) is 0 Å². The van der Waals surface area contributed by atoms with Gasteiger partial charge in [0.2, 0.25) is 5.95 Å². The second-order valence-corrected chi connectivity index (χ2v) is 7.68. The molecule has 0 atom stereocenters. The maximum absolute atomic E-state index is 11.9. The van der Waals surface area contributed by atoms with E-state index in [-0.39, 0.29) is 0 Å². The first kappa shape index (κ1) is 12.8. The molecule has 0 amide bonds. The molecule has 2 rings (SSSR count). The molecule has 0 unspecified atom stereocenters. The summed E-state index contributed by atoms with van der Waals surface area (Å²) >= 11 is 0. The number of nitrogens with one attached hydrogen (secondary N) is 1. The first-order valence-corrected chi connectivity index (χ1v) is 8.41. The molecule has 5 nitrogen and oxygen atoms in total. The number of anilines is 2. The van der Waals surface area contributed by atoms with Crippen LogP contribution in [0.4, 0.5) is 11.6 Å². The molecule has 0 fully saturated rings. The van der Waals surface area contributed by atoms with Gasteiger partial charge in [-0.25, -0.2) is 0 Å². The summed E-state index contributed by atoms with van der Waals surface area (Å²) in [6.07, 6.45) is 1.68.